The number of hydrogen-bond acceptors (Lipinski definition) is 8. The van der Waals surface area contributed by atoms with Crippen LogP contribution in [0.25, 0.3) is 0 Å². The van der Waals surface area contributed by atoms with E-state index in [2.05, 4.69) is 30.9 Å². The van der Waals surface area contributed by atoms with Crippen LogP contribution in [0.5, 0.6) is 5.75 Å². The van der Waals surface area contributed by atoms with Crippen LogP contribution in [0.2, 0.25) is 5.02 Å². The van der Waals surface area contributed by atoms with Crippen LogP contribution in [-0.4, -0.2) is 45.7 Å². The molecule has 1 fully saturated rings. The number of rotatable bonds is 7. The van der Waals surface area contributed by atoms with Gasteiger partial charge in [0.2, 0.25) is 5.91 Å². The quantitative estimate of drug-likeness (QED) is 0.415. The summed E-state index contributed by atoms with van der Waals surface area (Å²) in [5.41, 5.74) is -1.70. The van der Waals surface area contributed by atoms with Crippen LogP contribution in [0.4, 0.5) is 29.3 Å². The zero-order valence-corrected chi connectivity index (χ0v) is 19.8. The molecule has 0 spiro atoms. The number of alkyl halides is 3. The number of anilines is 2. The second kappa shape index (κ2) is 11.0. The van der Waals surface area contributed by atoms with Gasteiger partial charge in [-0.25, -0.2) is 14.8 Å². The molecule has 0 saturated carbocycles. The first-order chi connectivity index (χ1) is 17.6. The van der Waals surface area contributed by atoms with Crippen molar-refractivity contribution in [2.24, 2.45) is 0 Å². The first kappa shape index (κ1) is 26.1. The number of benzene rings is 1. The maximum absolute atomic E-state index is 13.3. The topological polar surface area (TPSA) is 127 Å². The Balaban J connectivity index is 1.37. The molecule has 4 rings (SSSR count). The van der Waals surface area contributed by atoms with Crippen molar-refractivity contribution >= 4 is 35.0 Å². The lowest BCUT2D eigenvalue weighted by Crippen LogP contribution is -2.59. The second-order valence-electron chi connectivity index (χ2n) is 8.01. The summed E-state index contributed by atoms with van der Waals surface area (Å²) in [5.74, 6) is -0.403. The number of ether oxygens (including phenoxy) is 2. The highest BCUT2D eigenvalue weighted by molar-refractivity contribution is 6.30. The van der Waals surface area contributed by atoms with Gasteiger partial charge in [-0.05, 0) is 30.3 Å². The van der Waals surface area contributed by atoms with Crippen LogP contribution in [0.3, 0.4) is 0 Å². The smallest absolute Gasteiger partial charge is 0.407 e. The first-order valence-electron chi connectivity index (χ1n) is 10.8. The molecule has 0 aliphatic carbocycles. The van der Waals surface area contributed by atoms with Crippen molar-refractivity contribution in [2.45, 2.75) is 24.7 Å². The normalized spacial score (nSPS) is 17.2. The number of halogens is 4. The predicted octanol–water partition coefficient (Wildman–Crippen LogP) is 3.85. The van der Waals surface area contributed by atoms with Crippen LogP contribution >= 0.6 is 11.6 Å². The Morgan fingerprint density at radius 2 is 1.92 bits per heavy atom. The third-order valence-electron chi connectivity index (χ3n) is 5.37. The van der Waals surface area contributed by atoms with Gasteiger partial charge < -0.3 is 25.4 Å². The second-order valence-corrected chi connectivity index (χ2v) is 8.44. The van der Waals surface area contributed by atoms with Crippen molar-refractivity contribution in [3.05, 3.63) is 71.5 Å². The number of aromatic nitrogens is 3. The average molecular weight is 537 g/mol. The summed E-state index contributed by atoms with van der Waals surface area (Å²) in [5, 5.41) is 7.88. The van der Waals surface area contributed by atoms with Crippen molar-refractivity contribution in [2.75, 3.05) is 18.5 Å². The lowest BCUT2D eigenvalue weighted by Gasteiger charge is -2.26. The summed E-state index contributed by atoms with van der Waals surface area (Å²) >= 11 is 5.71. The Labute approximate surface area is 213 Å². The molecule has 0 radical (unpaired) electrons. The average Bonchev–Trinajstić information content (AvgIpc) is 3.34. The molecule has 1 aliphatic rings. The summed E-state index contributed by atoms with van der Waals surface area (Å²) in [6, 6.07) is 6.47. The van der Waals surface area contributed by atoms with Gasteiger partial charge in [0, 0.05) is 18.1 Å². The molecule has 14 heteroatoms. The lowest BCUT2D eigenvalue weighted by atomic mass is 9.97. The highest BCUT2D eigenvalue weighted by Crippen LogP contribution is 2.37. The van der Waals surface area contributed by atoms with Crippen LogP contribution in [0.1, 0.15) is 17.7 Å². The number of nitrogens with one attached hydrogen (secondary N) is 3. The monoisotopic (exact) mass is 536 g/mol. The van der Waals surface area contributed by atoms with E-state index in [1.165, 1.54) is 43.1 Å². The van der Waals surface area contributed by atoms with Crippen molar-refractivity contribution in [1.82, 2.24) is 25.6 Å². The third-order valence-corrected chi connectivity index (χ3v) is 5.60. The van der Waals surface area contributed by atoms with Crippen molar-refractivity contribution in [3.8, 4) is 5.75 Å². The molecular formula is C23H20ClF3N6O4. The van der Waals surface area contributed by atoms with Crippen LogP contribution in [0, 0.1) is 0 Å². The first-order valence-corrected chi connectivity index (χ1v) is 11.2. The van der Waals surface area contributed by atoms with E-state index >= 15 is 0 Å². The van der Waals surface area contributed by atoms with Gasteiger partial charge in [0.1, 0.15) is 11.9 Å². The van der Waals surface area contributed by atoms with Gasteiger partial charge in [0.15, 0.2) is 5.75 Å². The summed E-state index contributed by atoms with van der Waals surface area (Å²) in [4.78, 5) is 36.9. The molecular weight excluding hydrogens is 517 g/mol. The van der Waals surface area contributed by atoms with Gasteiger partial charge in [-0.15, -0.1) is 0 Å². The van der Waals surface area contributed by atoms with Gasteiger partial charge in [-0.1, -0.05) is 11.6 Å². The molecule has 0 bridgehead atoms. The van der Waals surface area contributed by atoms with E-state index in [0.717, 1.165) is 6.07 Å². The van der Waals surface area contributed by atoms with Gasteiger partial charge >= 0.3 is 12.3 Å². The maximum atomic E-state index is 13.3. The summed E-state index contributed by atoms with van der Waals surface area (Å²) in [6.45, 7) is 0.197. The lowest BCUT2D eigenvalue weighted by molar-refractivity contribution is -0.137. The van der Waals surface area contributed by atoms with Gasteiger partial charge in [-0.2, -0.15) is 13.2 Å². The number of amides is 2. The van der Waals surface area contributed by atoms with E-state index in [4.69, 9.17) is 21.1 Å². The van der Waals surface area contributed by atoms with Crippen molar-refractivity contribution < 1.29 is 32.2 Å². The Hall–Kier alpha value is -3.97. The molecule has 2 amide bonds. The largest absolute Gasteiger partial charge is 0.418 e. The number of nitrogens with zero attached hydrogens (tertiary/aromatic N) is 3. The van der Waals surface area contributed by atoms with E-state index in [9.17, 15) is 22.8 Å². The Morgan fingerprint density at radius 3 is 2.57 bits per heavy atom. The Morgan fingerprint density at radius 1 is 1.14 bits per heavy atom. The molecule has 10 nitrogen and oxygen atoms in total. The minimum Gasteiger partial charge on any atom is -0.407 e. The van der Waals surface area contributed by atoms with E-state index in [1.807, 2.05) is 0 Å². The standard InChI is InChI=1S/C23H20ClF3N6O4/c24-14-1-4-19(18(7-14)23(25,26)27)32-16-3-2-15(30-9-16)8-31-20(34)22(5-6-36-12-22)33-21(35)37-17-10-28-13-29-11-17/h1-4,7,9-11,13,32H,5-6,8,12H2,(H,31,34)(H,33,35)/t22-/m0/s1. The van der Waals surface area contributed by atoms with Crippen molar-refractivity contribution in [1.29, 1.82) is 0 Å². The zero-order valence-electron chi connectivity index (χ0n) is 19.0. The highest BCUT2D eigenvalue weighted by Gasteiger charge is 2.44. The molecule has 37 heavy (non-hydrogen) atoms. The molecule has 3 N–H and O–H groups in total. The van der Waals surface area contributed by atoms with E-state index < -0.39 is 29.3 Å². The molecule has 1 atom stereocenters. The maximum Gasteiger partial charge on any atom is 0.418 e. The third kappa shape index (κ3) is 6.62. The molecule has 3 heterocycles. The number of pyridine rings is 1. The molecule has 3 aromatic rings. The fourth-order valence-electron chi connectivity index (χ4n) is 3.52. The molecule has 2 aromatic heterocycles. The van der Waals surface area contributed by atoms with Gasteiger partial charge in [0.25, 0.3) is 0 Å². The predicted molar refractivity (Wildman–Crippen MR) is 125 cm³/mol. The number of hydrogen-bond donors (Lipinski definition) is 3. The van der Waals surface area contributed by atoms with Crippen LogP contribution in [-0.2, 0) is 22.3 Å². The molecule has 0 unspecified atom stereocenters. The number of carbonyl (C=O) groups is 2. The van der Waals surface area contributed by atoms with Crippen molar-refractivity contribution in [3.63, 3.8) is 0 Å². The Bertz CT molecular complexity index is 1260. The minimum atomic E-state index is -4.60. The fourth-order valence-corrected chi connectivity index (χ4v) is 3.70. The molecule has 194 valence electrons. The molecule has 1 aliphatic heterocycles. The SMILES string of the molecule is O=C(N[C@@]1(C(=O)NCc2ccc(Nc3ccc(Cl)cc3C(F)(F)F)cn2)CCOC1)Oc1cncnc1. The Kier molecular flexibility index (Phi) is 7.74. The van der Waals surface area contributed by atoms with E-state index in [-0.39, 0.29) is 42.6 Å². The zero-order chi connectivity index (χ0) is 26.5. The van der Waals surface area contributed by atoms with Gasteiger partial charge in [-0.3, -0.25) is 9.78 Å². The van der Waals surface area contributed by atoms with E-state index in [0.29, 0.717) is 11.4 Å². The molecule has 1 saturated heterocycles. The van der Waals surface area contributed by atoms with Crippen LogP contribution < -0.4 is 20.7 Å². The van der Waals surface area contributed by atoms with Crippen LogP contribution in [0.15, 0.2) is 55.2 Å². The summed E-state index contributed by atoms with van der Waals surface area (Å²) in [6.07, 6.45) is -0.0414. The summed E-state index contributed by atoms with van der Waals surface area (Å²) < 4.78 is 50.4. The van der Waals surface area contributed by atoms with E-state index in [1.54, 1.807) is 6.07 Å². The minimum absolute atomic E-state index is 0.00113. The summed E-state index contributed by atoms with van der Waals surface area (Å²) in [7, 11) is 0. The number of carbonyl (C=O) groups excluding carboxylic acids is 2. The molecule has 1 aromatic carbocycles. The fraction of sp³-hybridized carbons (Fsp3) is 0.261. The highest BCUT2D eigenvalue weighted by atomic mass is 35.5. The van der Waals surface area contributed by atoms with Gasteiger partial charge in [0.05, 0.1) is 54.4 Å².